The van der Waals surface area contributed by atoms with E-state index in [0.29, 0.717) is 36.4 Å². The number of rotatable bonds is 5. The third-order valence-electron chi connectivity index (χ3n) is 4.50. The lowest BCUT2D eigenvalue weighted by molar-refractivity contribution is -0.122. The SMILES string of the molecule is CN(C)CC1COCCN1C(=O)c1ccccc1C(=O)c1ccccc1.O=CO. The third-order valence-corrected chi connectivity index (χ3v) is 4.50. The predicted octanol–water partition coefficient (Wildman–Crippen LogP) is 2.02. The highest BCUT2D eigenvalue weighted by Crippen LogP contribution is 2.19. The van der Waals surface area contributed by atoms with E-state index in [0.717, 1.165) is 6.54 Å². The van der Waals surface area contributed by atoms with Gasteiger partial charge in [-0.25, -0.2) is 0 Å². The van der Waals surface area contributed by atoms with E-state index in [1.807, 2.05) is 42.1 Å². The number of morpholine rings is 1. The summed E-state index contributed by atoms with van der Waals surface area (Å²) < 4.78 is 5.56. The lowest BCUT2D eigenvalue weighted by atomic mass is 9.97. The number of ether oxygens (including phenoxy) is 1. The van der Waals surface area contributed by atoms with Gasteiger partial charge in [0.1, 0.15) is 0 Å². The highest BCUT2D eigenvalue weighted by molar-refractivity contribution is 6.15. The second-order valence-corrected chi connectivity index (χ2v) is 6.84. The summed E-state index contributed by atoms with van der Waals surface area (Å²) in [6, 6.07) is 16.1. The number of likely N-dealkylation sites (N-methyl/N-ethyl adjacent to an activating group) is 1. The van der Waals surface area contributed by atoms with Gasteiger partial charge in [-0.3, -0.25) is 14.4 Å². The molecule has 29 heavy (non-hydrogen) atoms. The fraction of sp³-hybridized carbons (Fsp3) is 0.318. The molecule has 7 nitrogen and oxygen atoms in total. The zero-order valence-corrected chi connectivity index (χ0v) is 16.7. The largest absolute Gasteiger partial charge is 0.483 e. The van der Waals surface area contributed by atoms with Gasteiger partial charge in [0.15, 0.2) is 5.78 Å². The molecule has 3 rings (SSSR count). The molecule has 1 saturated heterocycles. The standard InChI is InChI=1S/C21H24N2O3.CH2O2/c1-22(2)14-17-15-26-13-12-23(17)21(25)19-11-7-6-10-18(19)20(24)16-8-4-3-5-9-16;2-1-3/h3-11,17H,12-15H2,1-2H3;1H,(H,2,3). The molecule has 0 aromatic heterocycles. The van der Waals surface area contributed by atoms with Crippen LogP contribution in [-0.2, 0) is 9.53 Å². The van der Waals surface area contributed by atoms with Gasteiger partial charge in [0.25, 0.3) is 12.4 Å². The number of carbonyl (C=O) groups is 3. The van der Waals surface area contributed by atoms with Crippen molar-refractivity contribution in [3.8, 4) is 0 Å². The third kappa shape index (κ3) is 5.97. The molecule has 1 unspecified atom stereocenters. The number of carbonyl (C=O) groups excluding carboxylic acids is 2. The van der Waals surface area contributed by atoms with Crippen molar-refractivity contribution in [3.63, 3.8) is 0 Å². The minimum atomic E-state index is -0.250. The Labute approximate surface area is 170 Å². The van der Waals surface area contributed by atoms with Crippen molar-refractivity contribution in [2.75, 3.05) is 40.4 Å². The Kier molecular flexibility index (Phi) is 8.51. The van der Waals surface area contributed by atoms with E-state index in [1.54, 1.807) is 36.4 Å². The van der Waals surface area contributed by atoms with E-state index in [1.165, 1.54) is 0 Å². The molecule has 1 N–H and O–H groups in total. The van der Waals surface area contributed by atoms with Crippen molar-refractivity contribution in [1.82, 2.24) is 9.80 Å². The summed E-state index contributed by atoms with van der Waals surface area (Å²) in [5.74, 6) is -0.244. The summed E-state index contributed by atoms with van der Waals surface area (Å²) >= 11 is 0. The summed E-state index contributed by atoms with van der Waals surface area (Å²) in [4.78, 5) is 38.4. The Bertz CT molecular complexity index is 823. The molecular weight excluding hydrogens is 372 g/mol. The van der Waals surface area contributed by atoms with Crippen LogP contribution in [0.4, 0.5) is 0 Å². The van der Waals surface area contributed by atoms with Gasteiger partial charge in [0.2, 0.25) is 0 Å². The number of hydrogen-bond acceptors (Lipinski definition) is 5. The van der Waals surface area contributed by atoms with Gasteiger partial charge >= 0.3 is 0 Å². The van der Waals surface area contributed by atoms with Crippen LogP contribution in [0.3, 0.4) is 0 Å². The quantitative estimate of drug-likeness (QED) is 0.613. The van der Waals surface area contributed by atoms with Crippen LogP contribution in [0.5, 0.6) is 0 Å². The van der Waals surface area contributed by atoms with Gasteiger partial charge in [-0.15, -0.1) is 0 Å². The Balaban J connectivity index is 0.000000941. The summed E-state index contributed by atoms with van der Waals surface area (Å²) in [6.45, 7) is 2.04. The smallest absolute Gasteiger partial charge is 0.290 e. The molecule has 7 heteroatoms. The molecule has 1 fully saturated rings. The van der Waals surface area contributed by atoms with Crippen LogP contribution in [0.15, 0.2) is 54.6 Å². The highest BCUT2D eigenvalue weighted by atomic mass is 16.5. The Morgan fingerprint density at radius 1 is 1.10 bits per heavy atom. The summed E-state index contributed by atoms with van der Waals surface area (Å²) in [5, 5.41) is 6.89. The molecule has 154 valence electrons. The first-order valence-electron chi connectivity index (χ1n) is 9.29. The maximum Gasteiger partial charge on any atom is 0.290 e. The lowest BCUT2D eigenvalue weighted by Crippen LogP contribution is -2.52. The normalized spacial score (nSPS) is 16.0. The summed E-state index contributed by atoms with van der Waals surface area (Å²) in [5.41, 5.74) is 1.48. The average molecular weight is 398 g/mol. The van der Waals surface area contributed by atoms with Gasteiger partial charge in [-0.2, -0.15) is 0 Å². The molecule has 2 aromatic carbocycles. The second kappa shape index (κ2) is 11.1. The number of benzene rings is 2. The van der Waals surface area contributed by atoms with E-state index in [9.17, 15) is 9.59 Å². The molecule has 0 bridgehead atoms. The van der Waals surface area contributed by atoms with Crippen LogP contribution in [-0.4, -0.2) is 79.5 Å². The maximum atomic E-state index is 13.2. The summed E-state index contributed by atoms with van der Waals surface area (Å²) in [7, 11) is 3.95. The van der Waals surface area contributed by atoms with E-state index >= 15 is 0 Å². The second-order valence-electron chi connectivity index (χ2n) is 6.84. The van der Waals surface area contributed by atoms with E-state index in [2.05, 4.69) is 0 Å². The van der Waals surface area contributed by atoms with Crippen molar-refractivity contribution >= 4 is 18.2 Å². The van der Waals surface area contributed by atoms with E-state index in [-0.39, 0.29) is 24.2 Å². The average Bonchev–Trinajstić information content (AvgIpc) is 2.74. The van der Waals surface area contributed by atoms with Gasteiger partial charge < -0.3 is 19.6 Å². The number of amides is 1. The first-order chi connectivity index (χ1) is 14.0. The predicted molar refractivity (Wildman–Crippen MR) is 109 cm³/mol. The number of ketones is 1. The molecule has 0 aliphatic carbocycles. The van der Waals surface area contributed by atoms with Crippen LogP contribution in [0.1, 0.15) is 26.3 Å². The van der Waals surface area contributed by atoms with Gasteiger partial charge in [0, 0.05) is 24.2 Å². The monoisotopic (exact) mass is 398 g/mol. The molecular formula is C22H26N2O5. The molecule has 1 heterocycles. The number of nitrogens with zero attached hydrogens (tertiary/aromatic N) is 2. The topological polar surface area (TPSA) is 87.2 Å². The molecule has 0 spiro atoms. The fourth-order valence-corrected chi connectivity index (χ4v) is 3.26. The minimum absolute atomic E-state index is 0.0221. The molecule has 1 aliphatic heterocycles. The molecule has 0 saturated carbocycles. The number of carboxylic acid groups (broad SMARTS) is 1. The maximum absolute atomic E-state index is 13.2. The zero-order valence-electron chi connectivity index (χ0n) is 16.7. The molecule has 1 atom stereocenters. The van der Waals surface area contributed by atoms with Crippen LogP contribution in [0.25, 0.3) is 0 Å². The molecule has 0 radical (unpaired) electrons. The fourth-order valence-electron chi connectivity index (χ4n) is 3.26. The first kappa shape index (κ1) is 22.3. The lowest BCUT2D eigenvalue weighted by Gasteiger charge is -2.37. The van der Waals surface area contributed by atoms with Crippen molar-refractivity contribution in [3.05, 3.63) is 71.3 Å². The molecule has 1 amide bonds. The Morgan fingerprint density at radius 3 is 2.31 bits per heavy atom. The van der Waals surface area contributed by atoms with Gasteiger partial charge in [-0.05, 0) is 20.2 Å². The Morgan fingerprint density at radius 2 is 1.69 bits per heavy atom. The minimum Gasteiger partial charge on any atom is -0.483 e. The van der Waals surface area contributed by atoms with Crippen LogP contribution >= 0.6 is 0 Å². The Hall–Kier alpha value is -3.03. The summed E-state index contributed by atoms with van der Waals surface area (Å²) in [6.07, 6.45) is 0. The highest BCUT2D eigenvalue weighted by Gasteiger charge is 2.30. The van der Waals surface area contributed by atoms with Crippen LogP contribution < -0.4 is 0 Å². The first-order valence-corrected chi connectivity index (χ1v) is 9.29. The van der Waals surface area contributed by atoms with Gasteiger partial charge in [0.05, 0.1) is 24.8 Å². The van der Waals surface area contributed by atoms with Crippen molar-refractivity contribution < 1.29 is 24.2 Å². The van der Waals surface area contributed by atoms with E-state index in [4.69, 9.17) is 14.6 Å². The number of hydrogen-bond donors (Lipinski definition) is 1. The molecule has 1 aliphatic rings. The van der Waals surface area contributed by atoms with Crippen LogP contribution in [0.2, 0.25) is 0 Å². The zero-order chi connectivity index (χ0) is 21.2. The van der Waals surface area contributed by atoms with Crippen LogP contribution in [0, 0.1) is 0 Å². The van der Waals surface area contributed by atoms with Crippen molar-refractivity contribution in [2.45, 2.75) is 6.04 Å². The van der Waals surface area contributed by atoms with E-state index < -0.39 is 0 Å². The molecule has 2 aromatic rings. The van der Waals surface area contributed by atoms with Gasteiger partial charge in [-0.1, -0.05) is 48.5 Å². The van der Waals surface area contributed by atoms with Crippen molar-refractivity contribution in [2.24, 2.45) is 0 Å². The van der Waals surface area contributed by atoms with Crippen molar-refractivity contribution in [1.29, 1.82) is 0 Å².